The zero-order valence-electron chi connectivity index (χ0n) is 6.11. The molecule has 0 unspecified atom stereocenters. The topological polar surface area (TPSA) is 79.5 Å². The number of rotatable bonds is 3. The first-order chi connectivity index (χ1) is 5.76. The maximum absolute atomic E-state index is 10.6. The van der Waals surface area contributed by atoms with Crippen molar-refractivity contribution in [2.24, 2.45) is 0 Å². The molecule has 0 atom stereocenters. The Morgan fingerprint density at radius 1 is 1.67 bits per heavy atom. The van der Waals surface area contributed by atoms with E-state index in [1.165, 1.54) is 17.6 Å². The molecule has 0 radical (unpaired) electrons. The summed E-state index contributed by atoms with van der Waals surface area (Å²) >= 11 is 0. The highest BCUT2D eigenvalue weighted by atomic mass is 16.5. The van der Waals surface area contributed by atoms with Gasteiger partial charge in [0.1, 0.15) is 5.76 Å². The summed E-state index contributed by atoms with van der Waals surface area (Å²) < 4.78 is 4.87. The van der Waals surface area contributed by atoms with E-state index in [9.17, 15) is 9.59 Å². The van der Waals surface area contributed by atoms with Crippen molar-refractivity contribution in [3.8, 4) is 0 Å². The molecule has 0 aliphatic carbocycles. The van der Waals surface area contributed by atoms with Crippen molar-refractivity contribution in [2.45, 2.75) is 6.42 Å². The van der Waals surface area contributed by atoms with Crippen molar-refractivity contribution < 1.29 is 19.2 Å². The molecule has 1 heterocycles. The van der Waals surface area contributed by atoms with Crippen molar-refractivity contribution in [2.75, 3.05) is 0 Å². The number of amides is 1. The Kier molecular flexibility index (Phi) is 2.60. The lowest BCUT2D eigenvalue weighted by molar-refractivity contribution is -0.128. The van der Waals surface area contributed by atoms with Gasteiger partial charge in [0.05, 0.1) is 6.42 Å². The summed E-state index contributed by atoms with van der Waals surface area (Å²) in [5.41, 5.74) is 1.45. The van der Waals surface area contributed by atoms with Gasteiger partial charge < -0.3 is 4.42 Å². The van der Waals surface area contributed by atoms with Crippen LogP contribution >= 0.6 is 0 Å². The Labute approximate surface area is 67.9 Å². The molecule has 2 N–H and O–H groups in total. The van der Waals surface area contributed by atoms with Crippen molar-refractivity contribution in [3.05, 3.63) is 23.7 Å². The van der Waals surface area contributed by atoms with E-state index < -0.39 is 5.91 Å². The van der Waals surface area contributed by atoms with Gasteiger partial charge in [-0.2, -0.15) is 0 Å². The number of furan rings is 1. The molecule has 0 aliphatic heterocycles. The number of nitrogens with one attached hydrogen (secondary N) is 1. The van der Waals surface area contributed by atoms with Gasteiger partial charge in [-0.25, -0.2) is 5.48 Å². The second-order valence-electron chi connectivity index (χ2n) is 2.13. The summed E-state index contributed by atoms with van der Waals surface area (Å²) in [6.07, 6.45) is 0.463. The third-order valence-corrected chi connectivity index (χ3v) is 1.26. The van der Waals surface area contributed by atoms with Gasteiger partial charge in [0.15, 0.2) is 12.0 Å². The monoisotopic (exact) mass is 169 g/mol. The van der Waals surface area contributed by atoms with E-state index in [2.05, 4.69) is 0 Å². The summed E-state index contributed by atoms with van der Waals surface area (Å²) in [7, 11) is 0. The summed E-state index contributed by atoms with van der Waals surface area (Å²) in [5.74, 6) is -0.0822. The molecule has 1 rings (SSSR count). The lowest BCUT2D eigenvalue weighted by atomic mass is 10.3. The zero-order valence-corrected chi connectivity index (χ0v) is 6.11. The molecule has 12 heavy (non-hydrogen) atoms. The number of hydrogen-bond donors (Lipinski definition) is 2. The Morgan fingerprint density at radius 3 is 2.92 bits per heavy atom. The Hall–Kier alpha value is -1.62. The van der Waals surface area contributed by atoms with Crippen LogP contribution in [0.5, 0.6) is 0 Å². The van der Waals surface area contributed by atoms with Gasteiger partial charge in [-0.15, -0.1) is 0 Å². The predicted molar refractivity (Wildman–Crippen MR) is 37.7 cm³/mol. The normalized spacial score (nSPS) is 9.42. The summed E-state index contributed by atoms with van der Waals surface area (Å²) in [6.45, 7) is 0. The molecular formula is C7H7NO4. The molecule has 0 aliphatic rings. The van der Waals surface area contributed by atoms with Crippen LogP contribution in [0.25, 0.3) is 0 Å². The second kappa shape index (κ2) is 3.68. The minimum atomic E-state index is -0.582. The van der Waals surface area contributed by atoms with Gasteiger partial charge >= 0.3 is 0 Å². The van der Waals surface area contributed by atoms with Crippen LogP contribution in [-0.2, 0) is 11.2 Å². The van der Waals surface area contributed by atoms with E-state index in [1.54, 1.807) is 0 Å². The lowest BCUT2D eigenvalue weighted by Crippen LogP contribution is -2.20. The first-order valence-corrected chi connectivity index (χ1v) is 3.23. The Balaban J connectivity index is 2.63. The van der Waals surface area contributed by atoms with Crippen LogP contribution in [-0.4, -0.2) is 17.4 Å². The average molecular weight is 169 g/mol. The highest BCUT2D eigenvalue weighted by molar-refractivity contribution is 5.77. The largest absolute Gasteiger partial charge is 0.458 e. The van der Waals surface area contributed by atoms with Gasteiger partial charge in [-0.1, -0.05) is 0 Å². The highest BCUT2D eigenvalue weighted by Crippen LogP contribution is 2.05. The minimum Gasteiger partial charge on any atom is -0.458 e. The summed E-state index contributed by atoms with van der Waals surface area (Å²) in [4.78, 5) is 20.7. The molecule has 1 aromatic rings. The fourth-order valence-electron chi connectivity index (χ4n) is 0.751. The molecule has 64 valence electrons. The maximum Gasteiger partial charge on any atom is 0.250 e. The molecular weight excluding hydrogens is 162 g/mol. The number of aldehydes is 1. The number of carbonyl (C=O) groups is 2. The first kappa shape index (κ1) is 8.48. The number of carbonyl (C=O) groups excluding carboxylic acids is 2. The fourth-order valence-corrected chi connectivity index (χ4v) is 0.751. The number of hydroxylamine groups is 1. The average Bonchev–Trinajstić information content (AvgIpc) is 2.52. The van der Waals surface area contributed by atoms with Crippen LogP contribution in [0, 0.1) is 0 Å². The van der Waals surface area contributed by atoms with Crippen LogP contribution in [0.1, 0.15) is 16.3 Å². The Morgan fingerprint density at radius 2 is 2.42 bits per heavy atom. The summed E-state index contributed by atoms with van der Waals surface area (Å²) in [6, 6.07) is 2.95. The van der Waals surface area contributed by atoms with E-state index >= 15 is 0 Å². The lowest BCUT2D eigenvalue weighted by Gasteiger charge is -1.92. The van der Waals surface area contributed by atoms with Gasteiger partial charge in [0.2, 0.25) is 0 Å². The van der Waals surface area contributed by atoms with Crippen molar-refractivity contribution in [3.63, 3.8) is 0 Å². The molecule has 0 saturated carbocycles. The SMILES string of the molecule is O=Cc1ccc(CC(=O)NO)o1. The molecule has 5 nitrogen and oxygen atoms in total. The van der Waals surface area contributed by atoms with Crippen LogP contribution in [0.15, 0.2) is 16.5 Å². The van der Waals surface area contributed by atoms with Crippen LogP contribution in [0.4, 0.5) is 0 Å². The molecule has 0 saturated heterocycles. The van der Waals surface area contributed by atoms with Crippen LogP contribution in [0.2, 0.25) is 0 Å². The van der Waals surface area contributed by atoms with Crippen molar-refractivity contribution in [1.29, 1.82) is 0 Å². The summed E-state index contributed by atoms with van der Waals surface area (Å²) in [5, 5.41) is 8.15. The van der Waals surface area contributed by atoms with Gasteiger partial charge in [-0.3, -0.25) is 14.8 Å². The molecule has 0 aromatic carbocycles. The van der Waals surface area contributed by atoms with Crippen LogP contribution < -0.4 is 5.48 Å². The smallest absolute Gasteiger partial charge is 0.250 e. The number of hydrogen-bond acceptors (Lipinski definition) is 4. The van der Waals surface area contributed by atoms with E-state index in [4.69, 9.17) is 9.62 Å². The van der Waals surface area contributed by atoms with Gasteiger partial charge in [-0.05, 0) is 12.1 Å². The third kappa shape index (κ3) is 1.93. The van der Waals surface area contributed by atoms with Crippen molar-refractivity contribution in [1.82, 2.24) is 5.48 Å². The molecule has 0 spiro atoms. The van der Waals surface area contributed by atoms with Gasteiger partial charge in [0.25, 0.3) is 5.91 Å². The van der Waals surface area contributed by atoms with Gasteiger partial charge in [0, 0.05) is 0 Å². The zero-order chi connectivity index (χ0) is 8.97. The first-order valence-electron chi connectivity index (χ1n) is 3.23. The minimum absolute atomic E-state index is 0.0790. The van der Waals surface area contributed by atoms with E-state index in [-0.39, 0.29) is 12.2 Å². The molecule has 0 fully saturated rings. The third-order valence-electron chi connectivity index (χ3n) is 1.26. The van der Waals surface area contributed by atoms with E-state index in [0.717, 1.165) is 0 Å². The molecule has 1 aromatic heterocycles. The molecule has 5 heteroatoms. The molecule has 0 bridgehead atoms. The van der Waals surface area contributed by atoms with E-state index in [0.29, 0.717) is 12.0 Å². The van der Waals surface area contributed by atoms with Crippen LogP contribution in [0.3, 0.4) is 0 Å². The quantitative estimate of drug-likeness (QED) is 0.383. The Bertz CT molecular complexity index is 291. The van der Waals surface area contributed by atoms with Crippen molar-refractivity contribution >= 4 is 12.2 Å². The van der Waals surface area contributed by atoms with E-state index in [1.807, 2.05) is 0 Å². The molecule has 1 amide bonds. The maximum atomic E-state index is 10.6. The standard InChI is InChI=1S/C7H7NO4/c9-4-6-2-1-5(12-6)3-7(10)8-11/h1-2,4,11H,3H2,(H,8,10). The predicted octanol–water partition coefficient (Wildman–Crippen LogP) is 0.140. The highest BCUT2D eigenvalue weighted by Gasteiger charge is 2.05. The fraction of sp³-hybridized carbons (Fsp3) is 0.143. The second-order valence-corrected chi connectivity index (χ2v) is 2.13.